The fraction of sp³-hybridized carbons (Fsp3) is 0.333. The minimum absolute atomic E-state index is 0. The summed E-state index contributed by atoms with van der Waals surface area (Å²) in [5.74, 6) is -0.987. The Morgan fingerprint density at radius 3 is 1.30 bits per heavy atom. The van der Waals surface area contributed by atoms with Crippen LogP contribution in [-0.4, -0.2) is 83.8 Å². The van der Waals surface area contributed by atoms with Crippen LogP contribution in [0.25, 0.3) is 0 Å². The Morgan fingerprint density at radius 1 is 0.758 bits per heavy atom. The molecule has 0 fully saturated rings. The van der Waals surface area contributed by atoms with E-state index in [0.29, 0.717) is 34.6 Å². The molecule has 0 saturated heterocycles. The van der Waals surface area contributed by atoms with Gasteiger partial charge >= 0.3 is 11.9 Å². The van der Waals surface area contributed by atoms with Crippen LogP contribution >= 0.6 is 35.6 Å². The number of aliphatic carboxylic acids is 2. The first-order valence-corrected chi connectivity index (χ1v) is 10.0. The summed E-state index contributed by atoms with van der Waals surface area (Å²) in [5.41, 5.74) is 0. The number of halogens is 3. The van der Waals surface area contributed by atoms with Crippen molar-refractivity contribution in [1.29, 1.82) is 0 Å². The Hall–Kier alpha value is -2.27. The van der Waals surface area contributed by atoms with Crippen molar-refractivity contribution in [3.63, 3.8) is 0 Å². The van der Waals surface area contributed by atoms with Gasteiger partial charge in [-0.1, -0.05) is 23.2 Å². The number of benzene rings is 2. The maximum absolute atomic E-state index is 10.1. The SMILES string of the molecule is CN(CCO)CCO.Cl.O=C(O)COc1ccc(Cl)cc1.O=C(O)COc1ccc(Cl)cc1. The van der Waals surface area contributed by atoms with E-state index in [1.165, 1.54) is 0 Å². The summed E-state index contributed by atoms with van der Waals surface area (Å²) < 4.78 is 9.73. The molecule has 0 bridgehead atoms. The normalized spacial score (nSPS) is 9.39. The average Bonchev–Trinajstić information content (AvgIpc) is 2.74. The molecule has 0 atom stereocenters. The summed E-state index contributed by atoms with van der Waals surface area (Å²) in [7, 11) is 1.85. The number of aliphatic hydroxyl groups excluding tert-OH is 2. The third-order valence-corrected chi connectivity index (χ3v) is 3.82. The highest BCUT2D eigenvalue weighted by molar-refractivity contribution is 6.30. The van der Waals surface area contributed by atoms with Crippen LogP contribution in [0.4, 0.5) is 0 Å². The van der Waals surface area contributed by atoms with Crippen molar-refractivity contribution >= 4 is 47.5 Å². The summed E-state index contributed by atoms with van der Waals surface area (Å²) in [5, 5.41) is 34.4. The minimum atomic E-state index is -0.995. The second-order valence-electron chi connectivity index (χ2n) is 6.02. The van der Waals surface area contributed by atoms with Gasteiger partial charge in [-0.3, -0.25) is 0 Å². The molecule has 4 N–H and O–H groups in total. The van der Waals surface area contributed by atoms with Crippen molar-refractivity contribution in [3.8, 4) is 11.5 Å². The number of nitrogens with zero attached hydrogens (tertiary/aromatic N) is 1. The van der Waals surface area contributed by atoms with Crippen molar-refractivity contribution in [3.05, 3.63) is 58.6 Å². The molecule has 9 nitrogen and oxygen atoms in total. The maximum Gasteiger partial charge on any atom is 0.341 e. The molecular formula is C21H28Cl3NO8. The number of aliphatic hydroxyl groups is 2. The molecule has 33 heavy (non-hydrogen) atoms. The van der Waals surface area contributed by atoms with Crippen LogP contribution < -0.4 is 9.47 Å². The van der Waals surface area contributed by atoms with Crippen LogP contribution in [0.2, 0.25) is 10.0 Å². The minimum Gasteiger partial charge on any atom is -0.482 e. The highest BCUT2D eigenvalue weighted by Crippen LogP contribution is 2.15. The van der Waals surface area contributed by atoms with Gasteiger partial charge in [-0.05, 0) is 55.6 Å². The summed E-state index contributed by atoms with van der Waals surface area (Å²) in [6.07, 6.45) is 0. The van der Waals surface area contributed by atoms with Gasteiger partial charge in [0.15, 0.2) is 13.2 Å². The Bertz CT molecular complexity index is 711. The molecule has 12 heteroatoms. The van der Waals surface area contributed by atoms with Gasteiger partial charge in [0.05, 0.1) is 13.2 Å². The van der Waals surface area contributed by atoms with E-state index in [9.17, 15) is 9.59 Å². The highest BCUT2D eigenvalue weighted by atomic mass is 35.5. The fourth-order valence-electron chi connectivity index (χ4n) is 1.81. The molecule has 2 aromatic carbocycles. The number of carbonyl (C=O) groups is 2. The molecular weight excluding hydrogens is 501 g/mol. The van der Waals surface area contributed by atoms with E-state index in [1.54, 1.807) is 48.5 Å². The van der Waals surface area contributed by atoms with Crippen LogP contribution in [0.1, 0.15) is 0 Å². The molecule has 0 radical (unpaired) electrons. The zero-order chi connectivity index (χ0) is 24.4. The molecule has 2 rings (SSSR count). The Balaban J connectivity index is 0. The summed E-state index contributed by atoms with van der Waals surface area (Å²) in [6, 6.07) is 13.0. The number of rotatable bonds is 10. The van der Waals surface area contributed by atoms with E-state index in [1.807, 2.05) is 11.9 Å². The highest BCUT2D eigenvalue weighted by Gasteiger charge is 1.98. The number of ether oxygens (including phenoxy) is 2. The van der Waals surface area contributed by atoms with Crippen LogP contribution in [0.5, 0.6) is 11.5 Å². The van der Waals surface area contributed by atoms with E-state index in [4.69, 9.17) is 53.1 Å². The second-order valence-corrected chi connectivity index (χ2v) is 6.90. The fourth-order valence-corrected chi connectivity index (χ4v) is 2.06. The summed E-state index contributed by atoms with van der Waals surface area (Å²) in [4.78, 5) is 22.0. The van der Waals surface area contributed by atoms with Crippen molar-refractivity contribution in [2.24, 2.45) is 0 Å². The van der Waals surface area contributed by atoms with Gasteiger partial charge in [-0.15, -0.1) is 12.4 Å². The number of likely N-dealkylation sites (N-methyl/N-ethyl adjacent to an activating group) is 1. The van der Waals surface area contributed by atoms with Gasteiger partial charge in [0, 0.05) is 23.1 Å². The van der Waals surface area contributed by atoms with Gasteiger partial charge in [0.1, 0.15) is 11.5 Å². The molecule has 0 spiro atoms. The van der Waals surface area contributed by atoms with E-state index in [-0.39, 0.29) is 38.8 Å². The van der Waals surface area contributed by atoms with E-state index in [0.717, 1.165) is 0 Å². The second kappa shape index (κ2) is 20.3. The molecule has 0 aliphatic heterocycles. The topological polar surface area (TPSA) is 137 Å². The number of hydrogen-bond donors (Lipinski definition) is 4. The lowest BCUT2D eigenvalue weighted by molar-refractivity contribution is -0.140. The third kappa shape index (κ3) is 20.1. The first-order valence-electron chi connectivity index (χ1n) is 9.28. The lowest BCUT2D eigenvalue weighted by atomic mass is 10.3. The van der Waals surface area contributed by atoms with Crippen LogP contribution in [0.15, 0.2) is 48.5 Å². The van der Waals surface area contributed by atoms with Gasteiger partial charge in [0.25, 0.3) is 0 Å². The monoisotopic (exact) mass is 527 g/mol. The standard InChI is InChI=1S/2C8H7ClO3.C5H13NO2.ClH/c2*9-6-1-3-7(4-2-6)12-5-8(10)11;1-6(2-4-7)3-5-8;/h2*1-4H,5H2,(H,10,11);7-8H,2-5H2,1H3;1H. The van der Waals surface area contributed by atoms with Crippen molar-refractivity contribution < 1.29 is 39.5 Å². The molecule has 0 heterocycles. The van der Waals surface area contributed by atoms with Crippen molar-refractivity contribution in [1.82, 2.24) is 4.90 Å². The van der Waals surface area contributed by atoms with Gasteiger partial charge in [0.2, 0.25) is 0 Å². The summed E-state index contributed by atoms with van der Waals surface area (Å²) >= 11 is 11.2. The molecule has 2 aromatic rings. The van der Waals surface area contributed by atoms with E-state index < -0.39 is 11.9 Å². The Morgan fingerprint density at radius 2 is 1.06 bits per heavy atom. The lowest BCUT2D eigenvalue weighted by Gasteiger charge is -2.11. The number of carboxylic acid groups (broad SMARTS) is 2. The Labute approximate surface area is 208 Å². The zero-order valence-corrected chi connectivity index (χ0v) is 20.2. The molecule has 0 saturated carbocycles. The quantitative estimate of drug-likeness (QED) is 0.367. The Kier molecular flexibility index (Phi) is 20.3. The van der Waals surface area contributed by atoms with Gasteiger partial charge in [-0.2, -0.15) is 0 Å². The first-order chi connectivity index (χ1) is 15.2. The van der Waals surface area contributed by atoms with Gasteiger partial charge < -0.3 is 34.8 Å². The molecule has 0 amide bonds. The zero-order valence-electron chi connectivity index (χ0n) is 17.9. The number of carboxylic acids is 2. The van der Waals surface area contributed by atoms with Crippen LogP contribution in [-0.2, 0) is 9.59 Å². The largest absolute Gasteiger partial charge is 0.482 e. The van der Waals surface area contributed by atoms with Gasteiger partial charge in [-0.25, -0.2) is 9.59 Å². The lowest BCUT2D eigenvalue weighted by Crippen LogP contribution is -2.25. The molecule has 186 valence electrons. The third-order valence-electron chi connectivity index (χ3n) is 3.32. The van der Waals surface area contributed by atoms with Crippen LogP contribution in [0.3, 0.4) is 0 Å². The molecule has 0 unspecified atom stereocenters. The van der Waals surface area contributed by atoms with Crippen molar-refractivity contribution in [2.45, 2.75) is 0 Å². The first kappa shape index (κ1) is 32.9. The molecule has 0 aromatic heterocycles. The molecule has 0 aliphatic rings. The van der Waals surface area contributed by atoms with Crippen molar-refractivity contribution in [2.75, 3.05) is 46.6 Å². The van der Waals surface area contributed by atoms with E-state index in [2.05, 4.69) is 0 Å². The maximum atomic E-state index is 10.1. The predicted octanol–water partition coefficient (Wildman–Crippen LogP) is 2.93. The molecule has 0 aliphatic carbocycles. The number of hydrogen-bond acceptors (Lipinski definition) is 7. The average molecular weight is 529 g/mol. The predicted molar refractivity (Wildman–Crippen MR) is 128 cm³/mol. The van der Waals surface area contributed by atoms with Crippen LogP contribution in [0, 0.1) is 0 Å². The smallest absolute Gasteiger partial charge is 0.341 e. The van der Waals surface area contributed by atoms with E-state index >= 15 is 0 Å². The summed E-state index contributed by atoms with van der Waals surface area (Å²) in [6.45, 7) is 0.942.